The molecule has 0 fully saturated rings. The van der Waals surface area contributed by atoms with Crippen LogP contribution in [0.1, 0.15) is 53.9 Å². The van der Waals surface area contributed by atoms with Gasteiger partial charge in [-0.1, -0.05) is 27.7 Å². The Kier molecular flexibility index (Phi) is 8.07. The summed E-state index contributed by atoms with van der Waals surface area (Å²) in [6.45, 7) is 12.4. The molecule has 0 aliphatic heterocycles. The molecule has 2 unspecified atom stereocenters. The van der Waals surface area contributed by atoms with E-state index in [9.17, 15) is 0 Å². The highest BCUT2D eigenvalue weighted by Crippen LogP contribution is 2.14. The van der Waals surface area contributed by atoms with E-state index in [0.29, 0.717) is 12.1 Å². The molecule has 0 aliphatic rings. The molecule has 0 saturated carbocycles. The van der Waals surface area contributed by atoms with Crippen molar-refractivity contribution in [3.8, 4) is 0 Å². The van der Waals surface area contributed by atoms with Crippen molar-refractivity contribution in [3.05, 3.63) is 0 Å². The SMILES string of the molecule is CCNC(CC)C(C)N(C)C(CC)CC. The van der Waals surface area contributed by atoms with Crippen LogP contribution in [-0.2, 0) is 0 Å². The van der Waals surface area contributed by atoms with Crippen LogP contribution in [0.3, 0.4) is 0 Å². The molecule has 1 N–H and O–H groups in total. The van der Waals surface area contributed by atoms with E-state index in [-0.39, 0.29) is 0 Å². The van der Waals surface area contributed by atoms with Crippen molar-refractivity contribution in [3.63, 3.8) is 0 Å². The maximum absolute atomic E-state index is 3.57. The fraction of sp³-hybridized carbons (Fsp3) is 1.00. The first kappa shape index (κ1) is 14.9. The number of rotatable bonds is 8. The summed E-state index contributed by atoms with van der Waals surface area (Å²) in [5.74, 6) is 0. The van der Waals surface area contributed by atoms with E-state index in [1.54, 1.807) is 0 Å². The summed E-state index contributed by atoms with van der Waals surface area (Å²) in [5.41, 5.74) is 0. The summed E-state index contributed by atoms with van der Waals surface area (Å²) in [5, 5.41) is 3.57. The normalized spacial score (nSPS) is 16.0. The van der Waals surface area contributed by atoms with E-state index in [4.69, 9.17) is 0 Å². The summed E-state index contributed by atoms with van der Waals surface area (Å²) in [4.78, 5) is 2.54. The van der Waals surface area contributed by atoms with Crippen molar-refractivity contribution in [1.29, 1.82) is 0 Å². The highest BCUT2D eigenvalue weighted by Gasteiger charge is 2.22. The van der Waals surface area contributed by atoms with Gasteiger partial charge in [-0.15, -0.1) is 0 Å². The topological polar surface area (TPSA) is 15.3 Å². The maximum atomic E-state index is 3.57. The van der Waals surface area contributed by atoms with Gasteiger partial charge >= 0.3 is 0 Å². The van der Waals surface area contributed by atoms with E-state index >= 15 is 0 Å². The van der Waals surface area contributed by atoms with Gasteiger partial charge in [0.1, 0.15) is 0 Å². The molecule has 0 saturated heterocycles. The third kappa shape index (κ3) is 4.52. The standard InChI is InChI=1S/C13H30N2/c1-7-12(8-2)15(6)11(5)13(9-3)14-10-4/h11-14H,7-10H2,1-6H3. The van der Waals surface area contributed by atoms with Crippen LogP contribution in [-0.4, -0.2) is 36.6 Å². The summed E-state index contributed by atoms with van der Waals surface area (Å²) >= 11 is 0. The Balaban J connectivity index is 4.30. The minimum atomic E-state index is 0.625. The van der Waals surface area contributed by atoms with Crippen molar-refractivity contribution in [1.82, 2.24) is 10.2 Å². The molecule has 0 rings (SSSR count). The summed E-state index contributed by atoms with van der Waals surface area (Å²) < 4.78 is 0. The fourth-order valence-electron chi connectivity index (χ4n) is 2.40. The van der Waals surface area contributed by atoms with E-state index in [1.807, 2.05) is 0 Å². The van der Waals surface area contributed by atoms with Gasteiger partial charge in [0.05, 0.1) is 0 Å². The summed E-state index contributed by atoms with van der Waals surface area (Å²) in [6, 6.07) is 1.98. The first-order chi connectivity index (χ1) is 7.12. The zero-order chi connectivity index (χ0) is 11.8. The van der Waals surface area contributed by atoms with Gasteiger partial charge in [0.15, 0.2) is 0 Å². The van der Waals surface area contributed by atoms with Crippen LogP contribution >= 0.6 is 0 Å². The summed E-state index contributed by atoms with van der Waals surface area (Å²) in [6.07, 6.45) is 3.71. The van der Waals surface area contributed by atoms with Crippen LogP contribution in [0, 0.1) is 0 Å². The smallest absolute Gasteiger partial charge is 0.0220 e. The third-order valence-electron chi connectivity index (χ3n) is 3.65. The number of hydrogen-bond donors (Lipinski definition) is 1. The van der Waals surface area contributed by atoms with Crippen LogP contribution in [0.25, 0.3) is 0 Å². The van der Waals surface area contributed by atoms with Crippen molar-refractivity contribution in [2.45, 2.75) is 72.0 Å². The summed E-state index contributed by atoms with van der Waals surface area (Å²) in [7, 11) is 2.27. The molecular weight excluding hydrogens is 184 g/mol. The molecule has 0 radical (unpaired) electrons. The van der Waals surface area contributed by atoms with Gasteiger partial charge in [-0.05, 0) is 39.8 Å². The van der Waals surface area contributed by atoms with Gasteiger partial charge < -0.3 is 5.32 Å². The Morgan fingerprint density at radius 3 is 1.87 bits per heavy atom. The highest BCUT2D eigenvalue weighted by molar-refractivity contribution is 4.81. The Labute approximate surface area is 96.4 Å². The van der Waals surface area contributed by atoms with Gasteiger partial charge in [-0.2, -0.15) is 0 Å². The Hall–Kier alpha value is -0.0800. The average Bonchev–Trinajstić information content (AvgIpc) is 2.26. The zero-order valence-electron chi connectivity index (χ0n) is 11.5. The lowest BCUT2D eigenvalue weighted by Crippen LogP contribution is -2.50. The van der Waals surface area contributed by atoms with Gasteiger partial charge in [0, 0.05) is 18.1 Å². The second-order valence-corrected chi connectivity index (χ2v) is 4.45. The molecule has 0 aromatic heterocycles. The molecule has 0 amide bonds. The molecule has 2 atom stereocenters. The molecule has 0 aromatic carbocycles. The Bertz CT molecular complexity index is 143. The molecular formula is C13H30N2. The predicted molar refractivity (Wildman–Crippen MR) is 69.4 cm³/mol. The zero-order valence-corrected chi connectivity index (χ0v) is 11.5. The van der Waals surface area contributed by atoms with Crippen LogP contribution in [0.5, 0.6) is 0 Å². The molecule has 2 heteroatoms. The molecule has 2 nitrogen and oxygen atoms in total. The Morgan fingerprint density at radius 2 is 1.53 bits per heavy atom. The van der Waals surface area contributed by atoms with Crippen LogP contribution in [0.15, 0.2) is 0 Å². The number of hydrogen-bond acceptors (Lipinski definition) is 2. The lowest BCUT2D eigenvalue weighted by atomic mass is 10.0. The molecule has 0 aliphatic carbocycles. The average molecular weight is 214 g/mol. The number of nitrogens with one attached hydrogen (secondary N) is 1. The molecule has 0 spiro atoms. The quantitative estimate of drug-likeness (QED) is 0.668. The van der Waals surface area contributed by atoms with Crippen LogP contribution in [0.4, 0.5) is 0 Å². The van der Waals surface area contributed by atoms with Gasteiger partial charge in [-0.3, -0.25) is 4.90 Å². The first-order valence-corrected chi connectivity index (χ1v) is 6.57. The van der Waals surface area contributed by atoms with E-state index < -0.39 is 0 Å². The Morgan fingerprint density at radius 1 is 1.00 bits per heavy atom. The maximum Gasteiger partial charge on any atom is 0.0220 e. The molecule has 0 bridgehead atoms. The lowest BCUT2D eigenvalue weighted by Gasteiger charge is -2.37. The second kappa shape index (κ2) is 8.12. The highest BCUT2D eigenvalue weighted by atomic mass is 15.2. The van der Waals surface area contributed by atoms with Crippen molar-refractivity contribution >= 4 is 0 Å². The molecule has 0 heterocycles. The van der Waals surface area contributed by atoms with Gasteiger partial charge in [0.25, 0.3) is 0 Å². The van der Waals surface area contributed by atoms with E-state index in [2.05, 4.69) is 51.9 Å². The minimum Gasteiger partial charge on any atom is -0.313 e. The minimum absolute atomic E-state index is 0.625. The second-order valence-electron chi connectivity index (χ2n) is 4.45. The predicted octanol–water partition coefficient (Wildman–Crippen LogP) is 2.88. The monoisotopic (exact) mass is 214 g/mol. The third-order valence-corrected chi connectivity index (χ3v) is 3.65. The van der Waals surface area contributed by atoms with Crippen molar-refractivity contribution in [2.75, 3.05) is 13.6 Å². The van der Waals surface area contributed by atoms with Crippen molar-refractivity contribution < 1.29 is 0 Å². The van der Waals surface area contributed by atoms with Crippen LogP contribution in [0.2, 0.25) is 0 Å². The number of likely N-dealkylation sites (N-methyl/N-ethyl adjacent to an activating group) is 2. The van der Waals surface area contributed by atoms with Gasteiger partial charge in [0.2, 0.25) is 0 Å². The van der Waals surface area contributed by atoms with E-state index in [0.717, 1.165) is 12.6 Å². The molecule has 15 heavy (non-hydrogen) atoms. The van der Waals surface area contributed by atoms with Crippen molar-refractivity contribution in [2.24, 2.45) is 0 Å². The number of nitrogens with zero attached hydrogens (tertiary/aromatic N) is 1. The largest absolute Gasteiger partial charge is 0.313 e. The fourth-order valence-corrected chi connectivity index (χ4v) is 2.40. The molecule has 0 aromatic rings. The lowest BCUT2D eigenvalue weighted by molar-refractivity contribution is 0.140. The first-order valence-electron chi connectivity index (χ1n) is 6.57. The van der Waals surface area contributed by atoms with Crippen LogP contribution < -0.4 is 5.32 Å². The molecule has 92 valence electrons. The van der Waals surface area contributed by atoms with E-state index in [1.165, 1.54) is 19.3 Å². The van der Waals surface area contributed by atoms with Gasteiger partial charge in [-0.25, -0.2) is 0 Å².